The van der Waals surface area contributed by atoms with Crippen LogP contribution in [0.25, 0.3) is 0 Å². The van der Waals surface area contributed by atoms with Crippen LogP contribution in [0.4, 0.5) is 0 Å². The SMILES string of the molecule is CCC(C(=O)N1CC(C)C(C)C1)C(N)=NO. The molecule has 1 fully saturated rings. The molecule has 1 aliphatic rings. The number of carbonyl (C=O) groups is 1. The van der Waals surface area contributed by atoms with Gasteiger partial charge in [-0.05, 0) is 18.3 Å². The summed E-state index contributed by atoms with van der Waals surface area (Å²) in [6.45, 7) is 7.69. The first-order valence-electron chi connectivity index (χ1n) is 5.77. The summed E-state index contributed by atoms with van der Waals surface area (Å²) in [5.74, 6) is 0.554. The van der Waals surface area contributed by atoms with Crippen LogP contribution in [-0.2, 0) is 4.79 Å². The van der Waals surface area contributed by atoms with Crippen molar-refractivity contribution in [2.45, 2.75) is 27.2 Å². The van der Waals surface area contributed by atoms with Crippen LogP contribution >= 0.6 is 0 Å². The lowest BCUT2D eigenvalue weighted by Gasteiger charge is -2.21. The van der Waals surface area contributed by atoms with Gasteiger partial charge in [0.05, 0.1) is 5.92 Å². The first-order valence-corrected chi connectivity index (χ1v) is 5.77. The number of carbonyl (C=O) groups excluding carboxylic acids is 1. The summed E-state index contributed by atoms with van der Waals surface area (Å²) in [6.07, 6.45) is 0.563. The molecule has 0 aromatic heterocycles. The van der Waals surface area contributed by atoms with Gasteiger partial charge in [0.1, 0.15) is 0 Å². The molecule has 0 bridgehead atoms. The molecule has 1 saturated heterocycles. The van der Waals surface area contributed by atoms with E-state index < -0.39 is 5.92 Å². The van der Waals surface area contributed by atoms with Gasteiger partial charge >= 0.3 is 0 Å². The summed E-state index contributed by atoms with van der Waals surface area (Å²) >= 11 is 0. The number of hydrogen-bond donors (Lipinski definition) is 2. The van der Waals surface area contributed by atoms with Gasteiger partial charge in [0.2, 0.25) is 5.91 Å². The fourth-order valence-electron chi connectivity index (χ4n) is 2.11. The quantitative estimate of drug-likeness (QED) is 0.325. The Hall–Kier alpha value is -1.26. The molecule has 0 aromatic carbocycles. The average molecular weight is 227 g/mol. The number of nitrogens with two attached hydrogens (primary N) is 1. The largest absolute Gasteiger partial charge is 0.409 e. The molecule has 3 atom stereocenters. The van der Waals surface area contributed by atoms with E-state index in [1.165, 1.54) is 0 Å². The van der Waals surface area contributed by atoms with Crippen molar-refractivity contribution in [2.75, 3.05) is 13.1 Å². The molecule has 1 heterocycles. The van der Waals surface area contributed by atoms with E-state index in [1.54, 1.807) is 0 Å². The normalized spacial score (nSPS) is 28.2. The molecule has 0 aromatic rings. The highest BCUT2D eigenvalue weighted by Crippen LogP contribution is 2.24. The molecule has 3 N–H and O–H groups in total. The fraction of sp³-hybridized carbons (Fsp3) is 0.818. The first-order chi connectivity index (χ1) is 7.51. The number of nitrogens with zero attached hydrogens (tertiary/aromatic N) is 2. The zero-order valence-corrected chi connectivity index (χ0v) is 10.2. The van der Waals surface area contributed by atoms with Gasteiger partial charge < -0.3 is 15.8 Å². The Morgan fingerprint density at radius 2 is 2.00 bits per heavy atom. The first kappa shape index (κ1) is 12.8. The Morgan fingerprint density at radius 1 is 1.50 bits per heavy atom. The van der Waals surface area contributed by atoms with Gasteiger partial charge in [0.25, 0.3) is 0 Å². The highest BCUT2D eigenvalue weighted by atomic mass is 16.4. The molecule has 0 saturated carbocycles. The lowest BCUT2D eigenvalue weighted by Crippen LogP contribution is -2.40. The molecule has 0 spiro atoms. The molecule has 92 valence electrons. The standard InChI is InChI=1S/C11H21N3O2/c1-4-9(10(12)13-16)11(15)14-5-7(2)8(3)6-14/h7-9,16H,4-6H2,1-3H3,(H2,12,13). The molecular weight excluding hydrogens is 206 g/mol. The van der Waals surface area contributed by atoms with Crippen molar-refractivity contribution in [1.82, 2.24) is 4.90 Å². The summed E-state index contributed by atoms with van der Waals surface area (Å²) in [7, 11) is 0. The topological polar surface area (TPSA) is 78.9 Å². The Kier molecular flexibility index (Phi) is 4.15. The smallest absolute Gasteiger partial charge is 0.233 e. The van der Waals surface area contributed by atoms with E-state index in [1.807, 2.05) is 11.8 Å². The molecule has 0 radical (unpaired) electrons. The highest BCUT2D eigenvalue weighted by Gasteiger charge is 2.33. The second kappa shape index (κ2) is 5.18. The van der Waals surface area contributed by atoms with Crippen LogP contribution in [0.3, 0.4) is 0 Å². The van der Waals surface area contributed by atoms with Crippen molar-refractivity contribution in [3.8, 4) is 0 Å². The maximum absolute atomic E-state index is 12.1. The zero-order valence-electron chi connectivity index (χ0n) is 10.2. The fourth-order valence-corrected chi connectivity index (χ4v) is 2.11. The predicted octanol–water partition coefficient (Wildman–Crippen LogP) is 0.873. The molecule has 1 aliphatic heterocycles. The summed E-state index contributed by atoms with van der Waals surface area (Å²) in [6, 6.07) is 0. The molecule has 1 amide bonds. The molecule has 3 unspecified atom stereocenters. The second-order valence-corrected chi connectivity index (χ2v) is 4.68. The third-order valence-corrected chi connectivity index (χ3v) is 3.48. The minimum Gasteiger partial charge on any atom is -0.409 e. The highest BCUT2D eigenvalue weighted by molar-refractivity contribution is 6.02. The van der Waals surface area contributed by atoms with E-state index in [0.29, 0.717) is 18.3 Å². The molecule has 0 aliphatic carbocycles. The number of amidine groups is 1. The monoisotopic (exact) mass is 227 g/mol. The van der Waals surface area contributed by atoms with E-state index in [-0.39, 0.29) is 11.7 Å². The van der Waals surface area contributed by atoms with E-state index in [0.717, 1.165) is 13.1 Å². The number of oxime groups is 1. The Labute approximate surface area is 96.3 Å². The van der Waals surface area contributed by atoms with Crippen LogP contribution in [0, 0.1) is 17.8 Å². The summed E-state index contributed by atoms with van der Waals surface area (Å²) < 4.78 is 0. The second-order valence-electron chi connectivity index (χ2n) is 4.68. The van der Waals surface area contributed by atoms with Crippen molar-refractivity contribution in [3.63, 3.8) is 0 Å². The molecular formula is C11H21N3O2. The lowest BCUT2D eigenvalue weighted by molar-refractivity contribution is -0.132. The molecule has 16 heavy (non-hydrogen) atoms. The molecule has 1 rings (SSSR count). The summed E-state index contributed by atoms with van der Waals surface area (Å²) in [4.78, 5) is 13.9. The van der Waals surface area contributed by atoms with Crippen molar-refractivity contribution < 1.29 is 10.0 Å². The predicted molar refractivity (Wildman–Crippen MR) is 62.1 cm³/mol. The summed E-state index contributed by atoms with van der Waals surface area (Å²) in [5.41, 5.74) is 5.52. The van der Waals surface area contributed by atoms with E-state index in [9.17, 15) is 4.79 Å². The van der Waals surface area contributed by atoms with E-state index >= 15 is 0 Å². The third-order valence-electron chi connectivity index (χ3n) is 3.48. The minimum absolute atomic E-state index is 0.0136. The summed E-state index contributed by atoms with van der Waals surface area (Å²) in [5, 5.41) is 11.6. The van der Waals surface area contributed by atoms with Gasteiger partial charge in [-0.25, -0.2) is 0 Å². The minimum atomic E-state index is -0.484. The maximum atomic E-state index is 12.1. The Balaban J connectivity index is 2.70. The Morgan fingerprint density at radius 3 is 2.38 bits per heavy atom. The van der Waals surface area contributed by atoms with E-state index in [2.05, 4.69) is 19.0 Å². The van der Waals surface area contributed by atoms with Crippen molar-refractivity contribution in [1.29, 1.82) is 0 Å². The number of amides is 1. The molecule has 5 nitrogen and oxygen atoms in total. The van der Waals surface area contributed by atoms with Gasteiger partial charge in [0, 0.05) is 13.1 Å². The van der Waals surface area contributed by atoms with Crippen LogP contribution < -0.4 is 5.73 Å². The zero-order chi connectivity index (χ0) is 12.3. The van der Waals surface area contributed by atoms with Gasteiger partial charge in [-0.15, -0.1) is 0 Å². The van der Waals surface area contributed by atoms with Gasteiger partial charge in [0.15, 0.2) is 5.84 Å². The Bertz CT molecular complexity index is 281. The van der Waals surface area contributed by atoms with Crippen LogP contribution in [0.5, 0.6) is 0 Å². The van der Waals surface area contributed by atoms with Gasteiger partial charge in [-0.1, -0.05) is 25.9 Å². The number of likely N-dealkylation sites (tertiary alicyclic amines) is 1. The van der Waals surface area contributed by atoms with E-state index in [4.69, 9.17) is 10.9 Å². The lowest BCUT2D eigenvalue weighted by atomic mass is 10.0. The molecule has 5 heteroatoms. The van der Waals surface area contributed by atoms with Crippen molar-refractivity contribution >= 4 is 11.7 Å². The van der Waals surface area contributed by atoms with Crippen molar-refractivity contribution in [3.05, 3.63) is 0 Å². The van der Waals surface area contributed by atoms with Gasteiger partial charge in [-0.3, -0.25) is 4.79 Å². The van der Waals surface area contributed by atoms with Crippen LogP contribution in [0.15, 0.2) is 5.16 Å². The van der Waals surface area contributed by atoms with Crippen LogP contribution in [0.2, 0.25) is 0 Å². The van der Waals surface area contributed by atoms with Crippen LogP contribution in [0.1, 0.15) is 27.2 Å². The van der Waals surface area contributed by atoms with Crippen molar-refractivity contribution in [2.24, 2.45) is 28.6 Å². The number of hydrogen-bond acceptors (Lipinski definition) is 3. The maximum Gasteiger partial charge on any atom is 0.233 e. The van der Waals surface area contributed by atoms with Crippen LogP contribution in [-0.4, -0.2) is 34.9 Å². The van der Waals surface area contributed by atoms with Gasteiger partial charge in [-0.2, -0.15) is 0 Å². The average Bonchev–Trinajstić information content (AvgIpc) is 2.59. The third kappa shape index (κ3) is 2.46. The number of rotatable bonds is 3.